The fraction of sp³-hybridized carbons (Fsp3) is 0.200. The van der Waals surface area contributed by atoms with Crippen molar-refractivity contribution >= 4 is 45.1 Å². The van der Waals surface area contributed by atoms with Crippen LogP contribution in [0.1, 0.15) is 0 Å². The monoisotopic (exact) mass is 255 g/mol. The number of nitrogens with one attached hydrogen (secondary N) is 1. The van der Waals surface area contributed by atoms with Crippen LogP contribution in [0.4, 0.5) is 5.95 Å². The maximum absolute atomic E-state index is 5.68. The standard InChI is InChI=1S/C5H4BrCl2N3/c1-9-5-10-3(7)2(6)4(8)11-5/h1H3,(H,9,10,11). The van der Waals surface area contributed by atoms with Crippen LogP contribution in [0.5, 0.6) is 0 Å². The molecule has 0 aliphatic carbocycles. The maximum atomic E-state index is 5.68. The van der Waals surface area contributed by atoms with Gasteiger partial charge in [-0.15, -0.1) is 0 Å². The molecule has 60 valence electrons. The number of nitrogens with zero attached hydrogens (tertiary/aromatic N) is 2. The fourth-order valence-electron chi connectivity index (χ4n) is 0.506. The van der Waals surface area contributed by atoms with E-state index in [-0.39, 0.29) is 0 Å². The Morgan fingerprint density at radius 1 is 1.27 bits per heavy atom. The predicted octanol–water partition coefficient (Wildman–Crippen LogP) is 2.59. The van der Waals surface area contributed by atoms with Crippen LogP contribution in [0.2, 0.25) is 10.3 Å². The lowest BCUT2D eigenvalue weighted by Crippen LogP contribution is -1.96. The van der Waals surface area contributed by atoms with Crippen molar-refractivity contribution in [1.82, 2.24) is 9.97 Å². The Labute approximate surface area is 82.3 Å². The van der Waals surface area contributed by atoms with E-state index in [2.05, 4.69) is 31.2 Å². The van der Waals surface area contributed by atoms with Crippen molar-refractivity contribution in [1.29, 1.82) is 0 Å². The van der Waals surface area contributed by atoms with E-state index in [4.69, 9.17) is 23.2 Å². The smallest absolute Gasteiger partial charge is 0.225 e. The van der Waals surface area contributed by atoms with Crippen LogP contribution in [0, 0.1) is 0 Å². The third-order valence-electron chi connectivity index (χ3n) is 0.994. The Kier molecular flexibility index (Phi) is 2.92. The minimum atomic E-state index is 0.300. The molecule has 1 aromatic rings. The molecular weight excluding hydrogens is 253 g/mol. The number of hydrogen-bond donors (Lipinski definition) is 1. The van der Waals surface area contributed by atoms with Crippen LogP contribution in [0.15, 0.2) is 4.47 Å². The molecule has 0 unspecified atom stereocenters. The average molecular weight is 257 g/mol. The highest BCUT2D eigenvalue weighted by molar-refractivity contribution is 9.10. The molecule has 11 heavy (non-hydrogen) atoms. The normalized spacial score (nSPS) is 9.82. The molecular formula is C5H4BrCl2N3. The predicted molar refractivity (Wildman–Crippen MR) is 49.3 cm³/mol. The van der Waals surface area contributed by atoms with Crippen molar-refractivity contribution in [2.75, 3.05) is 12.4 Å². The van der Waals surface area contributed by atoms with Gasteiger partial charge in [-0.3, -0.25) is 0 Å². The molecule has 0 amide bonds. The van der Waals surface area contributed by atoms with E-state index in [1.807, 2.05) is 0 Å². The second kappa shape index (κ2) is 3.56. The largest absolute Gasteiger partial charge is 0.357 e. The van der Waals surface area contributed by atoms with Gasteiger partial charge in [-0.1, -0.05) is 23.2 Å². The van der Waals surface area contributed by atoms with E-state index in [0.717, 1.165) is 0 Å². The summed E-state index contributed by atoms with van der Waals surface area (Å²) in [6.45, 7) is 0. The van der Waals surface area contributed by atoms with Crippen LogP contribution in [-0.4, -0.2) is 17.0 Å². The van der Waals surface area contributed by atoms with Crippen LogP contribution in [-0.2, 0) is 0 Å². The molecule has 0 spiro atoms. The summed E-state index contributed by atoms with van der Waals surface area (Å²) in [5.41, 5.74) is 0. The number of aromatic nitrogens is 2. The Bertz CT molecular complexity index is 255. The lowest BCUT2D eigenvalue weighted by molar-refractivity contribution is 1.14. The van der Waals surface area contributed by atoms with Crippen LogP contribution < -0.4 is 5.32 Å². The zero-order chi connectivity index (χ0) is 8.43. The lowest BCUT2D eigenvalue weighted by atomic mass is 10.6. The van der Waals surface area contributed by atoms with Gasteiger partial charge in [0.15, 0.2) is 0 Å². The molecule has 1 aromatic heterocycles. The summed E-state index contributed by atoms with van der Waals surface area (Å²) in [6, 6.07) is 0. The van der Waals surface area contributed by atoms with Gasteiger partial charge in [0.2, 0.25) is 5.95 Å². The first-order valence-corrected chi connectivity index (χ1v) is 4.26. The van der Waals surface area contributed by atoms with Crippen LogP contribution >= 0.6 is 39.1 Å². The molecule has 1 rings (SSSR count). The average Bonchev–Trinajstić information content (AvgIpc) is 1.99. The van der Waals surface area contributed by atoms with E-state index in [1.165, 1.54) is 0 Å². The van der Waals surface area contributed by atoms with Gasteiger partial charge in [0.05, 0.1) is 4.47 Å². The molecule has 0 aromatic carbocycles. The minimum Gasteiger partial charge on any atom is -0.357 e. The number of halogens is 3. The van der Waals surface area contributed by atoms with Gasteiger partial charge in [-0.25, -0.2) is 0 Å². The fourth-order valence-corrected chi connectivity index (χ4v) is 1.07. The number of hydrogen-bond acceptors (Lipinski definition) is 3. The van der Waals surface area contributed by atoms with Crippen LogP contribution in [0.3, 0.4) is 0 Å². The maximum Gasteiger partial charge on any atom is 0.225 e. The Hall–Kier alpha value is -0.0600. The lowest BCUT2D eigenvalue weighted by Gasteiger charge is -2.01. The van der Waals surface area contributed by atoms with Gasteiger partial charge >= 0.3 is 0 Å². The van der Waals surface area contributed by atoms with E-state index in [0.29, 0.717) is 20.7 Å². The molecule has 0 atom stereocenters. The zero-order valence-corrected chi connectivity index (χ0v) is 8.63. The topological polar surface area (TPSA) is 37.8 Å². The Balaban J connectivity index is 3.21. The van der Waals surface area contributed by atoms with Crippen molar-refractivity contribution < 1.29 is 0 Å². The van der Waals surface area contributed by atoms with E-state index in [9.17, 15) is 0 Å². The summed E-state index contributed by atoms with van der Waals surface area (Å²) in [5, 5.41) is 3.32. The first-order valence-electron chi connectivity index (χ1n) is 2.71. The highest BCUT2D eigenvalue weighted by Crippen LogP contribution is 2.27. The highest BCUT2D eigenvalue weighted by Gasteiger charge is 2.06. The molecule has 0 saturated carbocycles. The molecule has 1 heterocycles. The minimum absolute atomic E-state index is 0.300. The molecule has 3 nitrogen and oxygen atoms in total. The van der Waals surface area contributed by atoms with Gasteiger partial charge in [0.25, 0.3) is 0 Å². The van der Waals surface area contributed by atoms with E-state index >= 15 is 0 Å². The quantitative estimate of drug-likeness (QED) is 0.785. The van der Waals surface area contributed by atoms with Crippen molar-refractivity contribution in [3.8, 4) is 0 Å². The molecule has 0 aliphatic rings. The third-order valence-corrected chi connectivity index (χ3v) is 2.75. The van der Waals surface area contributed by atoms with Crippen molar-refractivity contribution in [2.24, 2.45) is 0 Å². The number of rotatable bonds is 1. The second-order valence-corrected chi connectivity index (χ2v) is 3.20. The summed E-state index contributed by atoms with van der Waals surface area (Å²) in [6.07, 6.45) is 0. The molecule has 1 N–H and O–H groups in total. The summed E-state index contributed by atoms with van der Waals surface area (Å²) in [4.78, 5) is 7.73. The van der Waals surface area contributed by atoms with Crippen molar-refractivity contribution in [2.45, 2.75) is 0 Å². The molecule has 0 aliphatic heterocycles. The zero-order valence-electron chi connectivity index (χ0n) is 5.53. The summed E-state index contributed by atoms with van der Waals surface area (Å²) in [7, 11) is 1.69. The molecule has 0 bridgehead atoms. The molecule has 0 fully saturated rings. The first-order chi connectivity index (χ1) is 5.15. The third kappa shape index (κ3) is 1.95. The molecule has 0 radical (unpaired) electrons. The van der Waals surface area contributed by atoms with E-state index < -0.39 is 0 Å². The molecule has 0 saturated heterocycles. The van der Waals surface area contributed by atoms with E-state index in [1.54, 1.807) is 7.05 Å². The SMILES string of the molecule is CNc1nc(Cl)c(Br)c(Cl)n1. The summed E-state index contributed by atoms with van der Waals surface area (Å²) < 4.78 is 0.514. The second-order valence-electron chi connectivity index (χ2n) is 1.69. The summed E-state index contributed by atoms with van der Waals surface area (Å²) in [5.74, 6) is 0.406. The highest BCUT2D eigenvalue weighted by atomic mass is 79.9. The van der Waals surface area contributed by atoms with Crippen molar-refractivity contribution in [3.63, 3.8) is 0 Å². The van der Waals surface area contributed by atoms with Gasteiger partial charge in [-0.05, 0) is 15.9 Å². The summed E-state index contributed by atoms with van der Waals surface area (Å²) >= 11 is 14.5. The Morgan fingerprint density at radius 3 is 2.09 bits per heavy atom. The van der Waals surface area contributed by atoms with Crippen LogP contribution in [0.25, 0.3) is 0 Å². The Morgan fingerprint density at radius 2 is 1.73 bits per heavy atom. The van der Waals surface area contributed by atoms with Gasteiger partial charge < -0.3 is 5.32 Å². The molecule has 6 heteroatoms. The van der Waals surface area contributed by atoms with Gasteiger partial charge in [0.1, 0.15) is 10.3 Å². The first kappa shape index (κ1) is 9.03. The number of anilines is 1. The van der Waals surface area contributed by atoms with Gasteiger partial charge in [0, 0.05) is 7.05 Å². The van der Waals surface area contributed by atoms with Gasteiger partial charge in [-0.2, -0.15) is 9.97 Å². The van der Waals surface area contributed by atoms with Crippen molar-refractivity contribution in [3.05, 3.63) is 14.8 Å².